The van der Waals surface area contributed by atoms with Crippen molar-refractivity contribution in [2.24, 2.45) is 29.1 Å². The van der Waals surface area contributed by atoms with Crippen molar-refractivity contribution in [2.75, 3.05) is 32.8 Å². The van der Waals surface area contributed by atoms with Crippen LogP contribution < -0.4 is 10.7 Å². The lowest BCUT2D eigenvalue weighted by Crippen LogP contribution is -2.67. The molecule has 266 valence electrons. The smallest absolute Gasteiger partial charge is 0.225 e. The number of hydrogen-bond donors (Lipinski definition) is 2. The van der Waals surface area contributed by atoms with E-state index in [2.05, 4.69) is 26.7 Å². The summed E-state index contributed by atoms with van der Waals surface area (Å²) in [6.45, 7) is 4.45. The van der Waals surface area contributed by atoms with E-state index in [-0.39, 0.29) is 5.41 Å². The van der Waals surface area contributed by atoms with Gasteiger partial charge >= 0.3 is 0 Å². The van der Waals surface area contributed by atoms with Gasteiger partial charge in [0.05, 0.1) is 24.9 Å². The molecule has 7 bridgehead atoms. The minimum Gasteiger partial charge on any atom is -0.378 e. The summed E-state index contributed by atoms with van der Waals surface area (Å²) in [6.07, 6.45) is 26.3. The van der Waals surface area contributed by atoms with Gasteiger partial charge < -0.3 is 19.5 Å². The Bertz CT molecular complexity index is 1260. The molecular weight excluding hydrogens is 598 g/mol. The Balaban J connectivity index is 1.05. The standard InChI is InChI=1S/C40H63N5O3/c46-39(29-13-9-14-29)44-20-16-28(17-21-44)34-23-35(48-43-34)33-24-41-37-36-31-12-7-4-6-11-30(22-31)27-10-5-2-1-3-8-18-40(33,19-15-27)38(37)45(42-36)32-25-47-26-32/h23,27-33,36-38,41-42H,1-22,24-26H2. The first-order valence-electron chi connectivity index (χ1n) is 20.8. The zero-order valence-electron chi connectivity index (χ0n) is 29.6. The van der Waals surface area contributed by atoms with Crippen LogP contribution in [0.3, 0.4) is 0 Å². The van der Waals surface area contributed by atoms with Crippen molar-refractivity contribution in [2.45, 2.75) is 164 Å². The van der Waals surface area contributed by atoms with E-state index in [1.807, 2.05) is 0 Å². The Morgan fingerprint density at radius 1 is 0.792 bits per heavy atom. The predicted molar refractivity (Wildman–Crippen MR) is 186 cm³/mol. The van der Waals surface area contributed by atoms with E-state index >= 15 is 0 Å². The van der Waals surface area contributed by atoms with Crippen molar-refractivity contribution in [3.63, 3.8) is 0 Å². The zero-order valence-corrected chi connectivity index (χ0v) is 29.6. The summed E-state index contributed by atoms with van der Waals surface area (Å²) in [5.41, 5.74) is 5.59. The minimum atomic E-state index is 0.155. The van der Waals surface area contributed by atoms with Crippen molar-refractivity contribution in [3.05, 3.63) is 17.5 Å². The van der Waals surface area contributed by atoms with Crippen molar-refractivity contribution >= 4 is 5.91 Å². The first-order chi connectivity index (χ1) is 23.7. The van der Waals surface area contributed by atoms with Crippen molar-refractivity contribution < 1.29 is 14.1 Å². The average molecular weight is 662 g/mol. The van der Waals surface area contributed by atoms with Crippen LogP contribution in [0.4, 0.5) is 0 Å². The van der Waals surface area contributed by atoms with E-state index in [9.17, 15) is 4.79 Å². The lowest BCUT2D eigenvalue weighted by molar-refractivity contribution is -0.139. The monoisotopic (exact) mass is 661 g/mol. The van der Waals surface area contributed by atoms with Gasteiger partial charge in [0.2, 0.25) is 5.91 Å². The molecule has 4 saturated carbocycles. The zero-order chi connectivity index (χ0) is 32.1. The van der Waals surface area contributed by atoms with Gasteiger partial charge in [0, 0.05) is 67.0 Å². The molecule has 4 aliphatic carbocycles. The fourth-order valence-electron chi connectivity index (χ4n) is 12.3. The second-order valence-electron chi connectivity index (χ2n) is 17.8. The molecule has 1 aromatic heterocycles. The minimum absolute atomic E-state index is 0.155. The maximum atomic E-state index is 13.0. The SMILES string of the molecule is O=C(C1CCC1)N1CCC(c2cc(C3CNC4C5NN(C6COC6)C4C34CCCCCCCC(CC4)C3CCCCCC5C3)on2)CC1. The fraction of sp³-hybridized carbons (Fsp3) is 0.900. The Morgan fingerprint density at radius 2 is 1.54 bits per heavy atom. The van der Waals surface area contributed by atoms with Crippen LogP contribution in [0.5, 0.6) is 0 Å². The molecule has 8 heteroatoms. The second-order valence-corrected chi connectivity index (χ2v) is 17.8. The molecule has 2 N–H and O–H groups in total. The number of nitrogens with zero attached hydrogens (tertiary/aromatic N) is 3. The summed E-state index contributed by atoms with van der Waals surface area (Å²) in [4.78, 5) is 15.1. The van der Waals surface area contributed by atoms with Gasteiger partial charge in [0.15, 0.2) is 0 Å². The summed E-state index contributed by atoms with van der Waals surface area (Å²) >= 11 is 0. The summed E-state index contributed by atoms with van der Waals surface area (Å²) in [5, 5.41) is 11.9. The van der Waals surface area contributed by atoms with Crippen LogP contribution in [-0.4, -0.2) is 78.0 Å². The van der Waals surface area contributed by atoms with Gasteiger partial charge in [-0.2, -0.15) is 0 Å². The van der Waals surface area contributed by atoms with Gasteiger partial charge in [-0.3, -0.25) is 4.79 Å². The number of nitrogens with one attached hydrogen (secondary N) is 2. The number of hydrazine groups is 1. The highest BCUT2D eigenvalue weighted by Crippen LogP contribution is 2.57. The first kappa shape index (κ1) is 32.4. The number of fused-ring (bicyclic) bond motifs is 6. The van der Waals surface area contributed by atoms with E-state index in [1.54, 1.807) is 0 Å². The lowest BCUT2D eigenvalue weighted by atomic mass is 9.56. The number of aromatic nitrogens is 1. The number of ether oxygens (including phenoxy) is 1. The number of rotatable bonds is 4. The third kappa shape index (κ3) is 5.90. The maximum Gasteiger partial charge on any atom is 0.225 e. The molecule has 0 radical (unpaired) electrons. The second kappa shape index (κ2) is 13.9. The quantitative estimate of drug-likeness (QED) is 0.363. The molecule has 9 rings (SSSR count). The van der Waals surface area contributed by atoms with Gasteiger partial charge in [0.1, 0.15) is 5.76 Å². The largest absolute Gasteiger partial charge is 0.378 e. The molecule has 8 nitrogen and oxygen atoms in total. The summed E-state index contributed by atoms with van der Waals surface area (Å²) < 4.78 is 12.4. The fourth-order valence-corrected chi connectivity index (χ4v) is 12.3. The lowest BCUT2D eigenvalue weighted by Gasteiger charge is -2.56. The maximum absolute atomic E-state index is 13.0. The molecule has 8 atom stereocenters. The van der Waals surface area contributed by atoms with E-state index in [0.717, 1.165) is 87.7 Å². The van der Waals surface area contributed by atoms with Crippen LogP contribution in [0.15, 0.2) is 10.6 Å². The van der Waals surface area contributed by atoms with Crippen molar-refractivity contribution in [1.82, 2.24) is 25.8 Å². The van der Waals surface area contributed by atoms with Gasteiger partial charge in [-0.1, -0.05) is 75.8 Å². The first-order valence-corrected chi connectivity index (χ1v) is 20.8. The van der Waals surface area contributed by atoms with Crippen molar-refractivity contribution in [3.8, 4) is 0 Å². The van der Waals surface area contributed by atoms with Crippen LogP contribution in [0.2, 0.25) is 0 Å². The van der Waals surface area contributed by atoms with Crippen molar-refractivity contribution in [1.29, 1.82) is 0 Å². The molecule has 4 saturated heterocycles. The average Bonchev–Trinajstić information content (AvgIpc) is 3.65. The summed E-state index contributed by atoms with van der Waals surface area (Å²) in [6, 6.07) is 4.30. The van der Waals surface area contributed by atoms with Crippen LogP contribution in [-0.2, 0) is 9.53 Å². The normalized spacial score (nSPS) is 40.7. The highest BCUT2D eigenvalue weighted by atomic mass is 16.5. The molecule has 5 heterocycles. The number of piperidine rings is 2. The van der Waals surface area contributed by atoms with Gasteiger partial charge in [-0.05, 0) is 75.5 Å². The van der Waals surface area contributed by atoms with Gasteiger partial charge in [-0.25, -0.2) is 10.4 Å². The molecule has 0 aromatic carbocycles. The third-order valence-electron chi connectivity index (χ3n) is 15.4. The molecule has 4 aliphatic heterocycles. The highest BCUT2D eigenvalue weighted by Gasteiger charge is 2.62. The van der Waals surface area contributed by atoms with Gasteiger partial charge in [-0.15, -0.1) is 0 Å². The number of carbonyl (C=O) groups excluding carboxylic acids is 1. The van der Waals surface area contributed by atoms with Crippen LogP contribution in [0.25, 0.3) is 0 Å². The molecule has 8 fully saturated rings. The van der Waals surface area contributed by atoms with E-state index in [4.69, 9.17) is 14.4 Å². The Labute approximate surface area is 289 Å². The third-order valence-corrected chi connectivity index (χ3v) is 15.4. The Morgan fingerprint density at radius 3 is 2.31 bits per heavy atom. The van der Waals surface area contributed by atoms with E-state index < -0.39 is 0 Å². The molecule has 1 amide bonds. The van der Waals surface area contributed by atoms with Gasteiger partial charge in [0.25, 0.3) is 0 Å². The predicted octanol–water partition coefficient (Wildman–Crippen LogP) is 6.92. The number of likely N-dealkylation sites (tertiary alicyclic amines) is 1. The number of hydrogen-bond acceptors (Lipinski definition) is 7. The molecule has 48 heavy (non-hydrogen) atoms. The summed E-state index contributed by atoms with van der Waals surface area (Å²) in [5.74, 6) is 5.05. The Hall–Kier alpha value is -1.48. The van der Waals surface area contributed by atoms with E-state index in [1.165, 1.54) is 103 Å². The van der Waals surface area contributed by atoms with Crippen LogP contribution in [0.1, 0.15) is 152 Å². The van der Waals surface area contributed by atoms with E-state index in [0.29, 0.717) is 47.8 Å². The Kier molecular flexibility index (Phi) is 9.40. The topological polar surface area (TPSA) is 82.9 Å². The highest BCUT2D eigenvalue weighted by molar-refractivity contribution is 5.79. The number of amides is 1. The molecular formula is C40H63N5O3. The molecule has 1 spiro atoms. The molecule has 1 aromatic rings. The van der Waals surface area contributed by atoms with Crippen LogP contribution in [0, 0.1) is 29.1 Å². The molecule has 8 aliphatic rings. The number of carbonyl (C=O) groups is 1. The molecule has 8 unspecified atom stereocenters. The summed E-state index contributed by atoms with van der Waals surface area (Å²) in [7, 11) is 0. The van der Waals surface area contributed by atoms with Crippen LogP contribution >= 0.6 is 0 Å².